The zero-order valence-corrected chi connectivity index (χ0v) is 32.8. The first-order valence-electron chi connectivity index (χ1n) is 20.2. The van der Waals surface area contributed by atoms with Crippen LogP contribution in [0.3, 0.4) is 0 Å². The van der Waals surface area contributed by atoms with E-state index in [4.69, 9.17) is 0 Å². The molecule has 0 fully saturated rings. The number of fused-ring (bicyclic) bond motifs is 2. The van der Waals surface area contributed by atoms with E-state index < -0.39 is 0 Å². The molecule has 0 atom stereocenters. The van der Waals surface area contributed by atoms with E-state index in [1.807, 2.05) is 0 Å². The molecule has 0 amide bonds. The van der Waals surface area contributed by atoms with Gasteiger partial charge in [0.2, 0.25) is 0 Å². The van der Waals surface area contributed by atoms with E-state index in [1.54, 1.807) is 0 Å². The summed E-state index contributed by atoms with van der Waals surface area (Å²) >= 11 is 0. The third kappa shape index (κ3) is 6.51. The number of rotatable bonds is 7. The molecule has 1 aliphatic rings. The summed E-state index contributed by atoms with van der Waals surface area (Å²) in [6.45, 7) is 4.77. The van der Waals surface area contributed by atoms with E-state index in [1.165, 1.54) is 89.3 Å². The van der Waals surface area contributed by atoms with Crippen LogP contribution in [-0.4, -0.2) is 0 Å². The van der Waals surface area contributed by atoms with Gasteiger partial charge in [0.05, 0.1) is 11.4 Å². The Labute approximate surface area is 342 Å². The van der Waals surface area contributed by atoms with E-state index in [0.29, 0.717) is 0 Å². The molecule has 58 heavy (non-hydrogen) atoms. The highest BCUT2D eigenvalue weighted by molar-refractivity contribution is 5.90. The third-order valence-electron chi connectivity index (χ3n) is 11.9. The van der Waals surface area contributed by atoms with Crippen molar-refractivity contribution in [3.63, 3.8) is 0 Å². The van der Waals surface area contributed by atoms with Crippen LogP contribution < -0.4 is 4.90 Å². The average Bonchev–Trinajstić information content (AvgIpc) is 3.30. The molecule has 10 rings (SSSR count). The molecule has 0 saturated heterocycles. The maximum atomic E-state index is 2.46. The van der Waals surface area contributed by atoms with Crippen molar-refractivity contribution < 1.29 is 0 Å². The van der Waals surface area contributed by atoms with E-state index in [2.05, 4.69) is 243 Å². The normalized spacial score (nSPS) is 12.8. The Bertz CT molecular complexity index is 2700. The van der Waals surface area contributed by atoms with Crippen molar-refractivity contribution in [2.24, 2.45) is 0 Å². The summed E-state index contributed by atoms with van der Waals surface area (Å²) in [5, 5.41) is 0. The SMILES string of the molecule is CC1(C)c2cc(-c3ccc(-c4ccccc4)cc3)ccc2N(c2ccc(-c3ccc(-c4ccccc4)cc3)cc2)c2ccc(-c3ccc(-c4ccccc4)cc3)cc21. The molecule has 0 N–H and O–H groups in total. The Morgan fingerprint density at radius 3 is 0.810 bits per heavy atom. The van der Waals surface area contributed by atoms with Gasteiger partial charge in [0.1, 0.15) is 0 Å². The Kier molecular flexibility index (Phi) is 8.92. The average molecular weight is 742 g/mol. The van der Waals surface area contributed by atoms with E-state index in [-0.39, 0.29) is 5.41 Å². The first kappa shape index (κ1) is 35.2. The minimum atomic E-state index is -0.262. The zero-order valence-electron chi connectivity index (χ0n) is 32.8. The molecule has 0 radical (unpaired) electrons. The minimum Gasteiger partial charge on any atom is -0.310 e. The molecule has 276 valence electrons. The zero-order chi connectivity index (χ0) is 39.1. The highest BCUT2D eigenvalue weighted by Gasteiger charge is 2.37. The van der Waals surface area contributed by atoms with Crippen LogP contribution in [-0.2, 0) is 5.41 Å². The summed E-state index contributed by atoms with van der Waals surface area (Å²) in [4.78, 5) is 2.46. The molecular formula is C57H43N. The topological polar surface area (TPSA) is 3.24 Å². The van der Waals surface area contributed by atoms with Crippen LogP contribution in [0.5, 0.6) is 0 Å². The van der Waals surface area contributed by atoms with Gasteiger partial charge in [0, 0.05) is 11.1 Å². The Hall–Kier alpha value is -7.22. The number of hydrogen-bond acceptors (Lipinski definition) is 1. The van der Waals surface area contributed by atoms with Crippen LogP contribution in [0.25, 0.3) is 66.8 Å². The maximum Gasteiger partial charge on any atom is 0.0503 e. The molecular weight excluding hydrogens is 699 g/mol. The lowest BCUT2D eigenvalue weighted by Gasteiger charge is -2.42. The van der Waals surface area contributed by atoms with Gasteiger partial charge in [-0.2, -0.15) is 0 Å². The van der Waals surface area contributed by atoms with Gasteiger partial charge >= 0.3 is 0 Å². The molecule has 0 saturated carbocycles. The summed E-state index contributed by atoms with van der Waals surface area (Å²) in [7, 11) is 0. The molecule has 0 aromatic heterocycles. The van der Waals surface area contributed by atoms with Gasteiger partial charge in [-0.15, -0.1) is 0 Å². The van der Waals surface area contributed by atoms with Crippen molar-refractivity contribution in [2.45, 2.75) is 19.3 Å². The summed E-state index contributed by atoms with van der Waals surface area (Å²) in [6, 6.07) is 81.8. The fourth-order valence-corrected chi connectivity index (χ4v) is 8.64. The van der Waals surface area contributed by atoms with Gasteiger partial charge in [-0.25, -0.2) is 0 Å². The number of nitrogens with zero attached hydrogens (tertiary/aromatic N) is 1. The highest BCUT2D eigenvalue weighted by Crippen LogP contribution is 2.53. The van der Waals surface area contributed by atoms with Crippen molar-refractivity contribution in [3.05, 3.63) is 236 Å². The van der Waals surface area contributed by atoms with Crippen LogP contribution in [0.1, 0.15) is 25.0 Å². The third-order valence-corrected chi connectivity index (χ3v) is 11.9. The van der Waals surface area contributed by atoms with Crippen molar-refractivity contribution >= 4 is 17.1 Å². The van der Waals surface area contributed by atoms with E-state index in [0.717, 1.165) is 5.69 Å². The van der Waals surface area contributed by atoms with Gasteiger partial charge in [-0.05, 0) is 114 Å². The lowest BCUT2D eigenvalue weighted by Crippen LogP contribution is -2.30. The molecule has 0 spiro atoms. The second-order valence-corrected chi connectivity index (χ2v) is 15.8. The summed E-state index contributed by atoms with van der Waals surface area (Å²) in [5.74, 6) is 0. The standard InChI is InChI=1S/C57H43N/c1-57(2)53-38-50(48-26-22-44(23-27-48)41-14-8-4-9-15-41)32-36-55(53)58(52-34-30-47(31-35-52)46-20-18-43(19-21-46)40-12-6-3-7-13-40)56-37-33-51(39-54(56)57)49-28-24-45(25-29-49)42-16-10-5-11-17-42/h3-39H,1-2H3. The second kappa shape index (κ2) is 14.7. The first-order valence-corrected chi connectivity index (χ1v) is 20.2. The quantitative estimate of drug-likeness (QED) is 0.157. The van der Waals surface area contributed by atoms with Crippen LogP contribution >= 0.6 is 0 Å². The smallest absolute Gasteiger partial charge is 0.0503 e. The maximum absolute atomic E-state index is 2.46. The number of hydrogen-bond donors (Lipinski definition) is 0. The molecule has 9 aromatic rings. The van der Waals surface area contributed by atoms with Crippen molar-refractivity contribution in [1.29, 1.82) is 0 Å². The monoisotopic (exact) mass is 741 g/mol. The predicted molar refractivity (Wildman–Crippen MR) is 246 cm³/mol. The fraction of sp³-hybridized carbons (Fsp3) is 0.0526. The molecule has 0 unspecified atom stereocenters. The van der Waals surface area contributed by atoms with Crippen LogP contribution in [0, 0.1) is 0 Å². The molecule has 0 aliphatic carbocycles. The predicted octanol–water partition coefficient (Wildman–Crippen LogP) is 15.8. The summed E-state index contributed by atoms with van der Waals surface area (Å²) in [5.41, 5.74) is 20.6. The lowest BCUT2D eigenvalue weighted by molar-refractivity contribution is 0.632. The molecule has 1 heteroatoms. The van der Waals surface area contributed by atoms with E-state index >= 15 is 0 Å². The Morgan fingerprint density at radius 2 is 0.500 bits per heavy atom. The molecule has 1 nitrogen and oxygen atoms in total. The highest BCUT2D eigenvalue weighted by atomic mass is 15.2. The minimum absolute atomic E-state index is 0.262. The lowest BCUT2D eigenvalue weighted by atomic mass is 9.72. The van der Waals surface area contributed by atoms with Gasteiger partial charge in [0.25, 0.3) is 0 Å². The Morgan fingerprint density at radius 1 is 0.259 bits per heavy atom. The number of benzene rings is 9. The van der Waals surface area contributed by atoms with Crippen molar-refractivity contribution in [1.82, 2.24) is 0 Å². The van der Waals surface area contributed by atoms with Gasteiger partial charge in [-0.1, -0.05) is 202 Å². The van der Waals surface area contributed by atoms with Gasteiger partial charge in [0.15, 0.2) is 0 Å². The fourth-order valence-electron chi connectivity index (χ4n) is 8.64. The van der Waals surface area contributed by atoms with Crippen molar-refractivity contribution in [3.8, 4) is 66.8 Å². The largest absolute Gasteiger partial charge is 0.310 e. The van der Waals surface area contributed by atoms with Crippen LogP contribution in [0.4, 0.5) is 17.1 Å². The first-order chi connectivity index (χ1) is 28.5. The second-order valence-electron chi connectivity index (χ2n) is 15.8. The van der Waals surface area contributed by atoms with Gasteiger partial charge < -0.3 is 4.90 Å². The van der Waals surface area contributed by atoms with Crippen molar-refractivity contribution in [2.75, 3.05) is 4.90 Å². The molecule has 0 bridgehead atoms. The van der Waals surface area contributed by atoms with Crippen LogP contribution in [0.15, 0.2) is 224 Å². The summed E-state index contributed by atoms with van der Waals surface area (Å²) < 4.78 is 0. The molecule has 1 heterocycles. The van der Waals surface area contributed by atoms with Crippen LogP contribution in [0.2, 0.25) is 0 Å². The molecule has 1 aliphatic heterocycles. The summed E-state index contributed by atoms with van der Waals surface area (Å²) in [6.07, 6.45) is 0. The molecule has 9 aromatic carbocycles. The number of anilines is 3. The van der Waals surface area contributed by atoms with Gasteiger partial charge in [-0.3, -0.25) is 0 Å². The Balaban J connectivity index is 1.04. The van der Waals surface area contributed by atoms with E-state index in [9.17, 15) is 0 Å².